The molecule has 102 valence electrons. The number of rotatable bonds is 2. The molecular weight excluding hydrogens is 276 g/mol. The maximum Gasteiger partial charge on any atom is 0.333 e. The van der Waals surface area contributed by atoms with Gasteiger partial charge in [-0.3, -0.25) is 4.79 Å². The van der Waals surface area contributed by atoms with Crippen LogP contribution in [0, 0.1) is 0 Å². The van der Waals surface area contributed by atoms with E-state index in [2.05, 4.69) is 11.3 Å². The maximum atomic E-state index is 12.4. The van der Waals surface area contributed by atoms with E-state index in [1.165, 1.54) is 13.2 Å². The molecule has 0 radical (unpaired) electrons. The third-order valence-corrected chi connectivity index (χ3v) is 3.54. The molecule has 0 atom stereocenters. The first-order valence-corrected chi connectivity index (χ1v) is 6.35. The number of allylic oxidation sites excluding steroid dienone is 4. The molecule has 0 unspecified atom stereocenters. The highest BCUT2D eigenvalue weighted by Gasteiger charge is 2.26. The first-order valence-electron chi connectivity index (χ1n) is 5.97. The van der Waals surface area contributed by atoms with Gasteiger partial charge >= 0.3 is 5.97 Å². The number of methoxy groups -OCH3 is 1. The van der Waals surface area contributed by atoms with E-state index in [0.29, 0.717) is 16.7 Å². The van der Waals surface area contributed by atoms with Gasteiger partial charge < -0.3 is 4.74 Å². The third-order valence-electron chi connectivity index (χ3n) is 3.11. The Labute approximate surface area is 122 Å². The van der Waals surface area contributed by atoms with Crippen molar-refractivity contribution in [2.24, 2.45) is 0 Å². The molecule has 0 spiro atoms. The van der Waals surface area contributed by atoms with Crippen LogP contribution in [0.2, 0.25) is 0 Å². The van der Waals surface area contributed by atoms with Crippen molar-refractivity contribution >= 4 is 28.9 Å². The van der Waals surface area contributed by atoms with Gasteiger partial charge in [0, 0.05) is 16.7 Å². The van der Waals surface area contributed by atoms with Crippen molar-refractivity contribution in [3.05, 3.63) is 64.2 Å². The maximum absolute atomic E-state index is 12.4. The van der Waals surface area contributed by atoms with Crippen LogP contribution in [0.15, 0.2) is 53.1 Å². The van der Waals surface area contributed by atoms with Crippen LogP contribution in [0.4, 0.5) is 0 Å². The monoisotopic (exact) mass is 288 g/mol. The largest absolute Gasteiger partial charge is 0.466 e. The van der Waals surface area contributed by atoms with E-state index in [-0.39, 0.29) is 16.4 Å². The summed E-state index contributed by atoms with van der Waals surface area (Å²) in [5.74, 6) is -0.722. The topological polar surface area (TPSA) is 43.4 Å². The molecule has 1 aliphatic carbocycles. The highest BCUT2D eigenvalue weighted by Crippen LogP contribution is 2.37. The number of benzene rings is 1. The van der Waals surface area contributed by atoms with Crippen LogP contribution in [0.25, 0.3) is 5.57 Å². The molecule has 1 aromatic rings. The van der Waals surface area contributed by atoms with Gasteiger partial charge in [-0.05, 0) is 24.1 Å². The van der Waals surface area contributed by atoms with E-state index < -0.39 is 5.97 Å². The van der Waals surface area contributed by atoms with Crippen molar-refractivity contribution in [3.8, 4) is 0 Å². The van der Waals surface area contributed by atoms with E-state index in [1.54, 1.807) is 25.1 Å². The second kappa shape index (κ2) is 5.47. The van der Waals surface area contributed by atoms with Crippen molar-refractivity contribution in [1.82, 2.24) is 0 Å². The standard InChI is InChI=1S/C16H13ClO3/c1-9(16(19)20-3)8-13-14(17)10(2)11-6-4-5-7-12(11)15(13)18/h4-8H,2H2,1,3H3/b9-8+. The molecule has 0 saturated heterocycles. The molecule has 0 heterocycles. The average Bonchev–Trinajstić information content (AvgIpc) is 2.48. The smallest absolute Gasteiger partial charge is 0.333 e. The highest BCUT2D eigenvalue weighted by atomic mass is 35.5. The molecule has 0 bridgehead atoms. The number of Topliss-reactive ketones (excluding diaryl/α,β-unsaturated/α-hetero) is 1. The van der Waals surface area contributed by atoms with Crippen LogP contribution in [0.3, 0.4) is 0 Å². The summed E-state index contributed by atoms with van der Waals surface area (Å²) >= 11 is 6.21. The molecule has 0 saturated carbocycles. The summed E-state index contributed by atoms with van der Waals surface area (Å²) in [4.78, 5) is 23.9. The minimum atomic E-state index is -0.501. The minimum Gasteiger partial charge on any atom is -0.466 e. The number of fused-ring (bicyclic) bond motifs is 1. The van der Waals surface area contributed by atoms with E-state index in [9.17, 15) is 9.59 Å². The number of carbonyl (C=O) groups excluding carboxylic acids is 2. The summed E-state index contributed by atoms with van der Waals surface area (Å²) in [5.41, 5.74) is 2.39. The first kappa shape index (κ1) is 14.3. The van der Waals surface area contributed by atoms with Crippen LogP contribution < -0.4 is 0 Å². The minimum absolute atomic E-state index is 0.221. The lowest BCUT2D eigenvalue weighted by Gasteiger charge is -2.19. The summed E-state index contributed by atoms with van der Waals surface area (Å²) in [6.07, 6.45) is 1.44. The zero-order valence-electron chi connectivity index (χ0n) is 11.2. The Morgan fingerprint density at radius 2 is 1.90 bits per heavy atom. The van der Waals surface area contributed by atoms with Crippen LogP contribution in [0.5, 0.6) is 0 Å². The second-order valence-corrected chi connectivity index (χ2v) is 4.78. The summed E-state index contributed by atoms with van der Waals surface area (Å²) in [7, 11) is 1.28. The Balaban J connectivity index is 2.56. The number of ketones is 1. The molecule has 0 fully saturated rings. The Kier molecular flexibility index (Phi) is 3.91. The van der Waals surface area contributed by atoms with Crippen LogP contribution in [0.1, 0.15) is 22.8 Å². The van der Waals surface area contributed by atoms with Gasteiger partial charge in [-0.1, -0.05) is 42.4 Å². The van der Waals surface area contributed by atoms with Gasteiger partial charge in [0.1, 0.15) is 0 Å². The number of ether oxygens (including phenoxy) is 1. The second-order valence-electron chi connectivity index (χ2n) is 4.40. The molecule has 1 aromatic carbocycles. The van der Waals surface area contributed by atoms with E-state index in [4.69, 9.17) is 11.6 Å². The summed E-state index contributed by atoms with van der Waals surface area (Å²) in [6, 6.07) is 7.11. The third kappa shape index (κ3) is 2.32. The number of carbonyl (C=O) groups is 2. The van der Waals surface area contributed by atoms with E-state index in [0.717, 1.165) is 5.56 Å². The molecular formula is C16H13ClO3. The molecule has 20 heavy (non-hydrogen) atoms. The molecule has 0 aliphatic heterocycles. The lowest BCUT2D eigenvalue weighted by molar-refractivity contribution is -0.136. The summed E-state index contributed by atoms with van der Waals surface area (Å²) in [6.45, 7) is 5.48. The van der Waals surface area contributed by atoms with Gasteiger partial charge in [0.25, 0.3) is 0 Å². The molecule has 0 aromatic heterocycles. The Morgan fingerprint density at radius 3 is 2.50 bits per heavy atom. The average molecular weight is 289 g/mol. The fourth-order valence-electron chi connectivity index (χ4n) is 2.04. The number of halogens is 1. The Morgan fingerprint density at radius 1 is 1.30 bits per heavy atom. The predicted molar refractivity (Wildman–Crippen MR) is 78.5 cm³/mol. The number of esters is 1. The molecule has 0 amide bonds. The van der Waals surface area contributed by atoms with Gasteiger partial charge in [-0.15, -0.1) is 0 Å². The van der Waals surface area contributed by atoms with E-state index >= 15 is 0 Å². The van der Waals surface area contributed by atoms with Gasteiger partial charge in [0.15, 0.2) is 5.78 Å². The van der Waals surface area contributed by atoms with Crippen molar-refractivity contribution in [3.63, 3.8) is 0 Å². The molecule has 3 nitrogen and oxygen atoms in total. The lowest BCUT2D eigenvalue weighted by atomic mass is 9.87. The predicted octanol–water partition coefficient (Wildman–Crippen LogP) is 3.51. The SMILES string of the molecule is C=C1C(Cl)=C(/C=C(\C)C(=O)OC)C(=O)c2ccccc21. The Hall–Kier alpha value is -2.13. The van der Waals surface area contributed by atoms with Crippen LogP contribution in [-0.2, 0) is 9.53 Å². The Bertz CT molecular complexity index is 681. The van der Waals surface area contributed by atoms with Crippen molar-refractivity contribution in [2.45, 2.75) is 6.92 Å². The number of hydrogen-bond acceptors (Lipinski definition) is 3. The quantitative estimate of drug-likeness (QED) is 0.618. The number of hydrogen-bond donors (Lipinski definition) is 0. The molecule has 1 aliphatic rings. The van der Waals surface area contributed by atoms with Crippen molar-refractivity contribution in [1.29, 1.82) is 0 Å². The fraction of sp³-hybridized carbons (Fsp3) is 0.125. The zero-order chi connectivity index (χ0) is 14.9. The van der Waals surface area contributed by atoms with Gasteiger partial charge in [-0.25, -0.2) is 4.79 Å². The van der Waals surface area contributed by atoms with Crippen LogP contribution >= 0.6 is 11.6 Å². The summed E-state index contributed by atoms with van der Waals surface area (Å²) in [5, 5.41) is 0.261. The molecule has 0 N–H and O–H groups in total. The van der Waals surface area contributed by atoms with Crippen LogP contribution in [-0.4, -0.2) is 18.9 Å². The van der Waals surface area contributed by atoms with Gasteiger partial charge in [-0.2, -0.15) is 0 Å². The van der Waals surface area contributed by atoms with Gasteiger partial charge in [0.05, 0.1) is 12.1 Å². The van der Waals surface area contributed by atoms with E-state index in [1.807, 2.05) is 6.07 Å². The molecule has 2 rings (SSSR count). The fourth-order valence-corrected chi connectivity index (χ4v) is 2.28. The molecule has 4 heteroatoms. The van der Waals surface area contributed by atoms with Crippen molar-refractivity contribution in [2.75, 3.05) is 7.11 Å². The highest BCUT2D eigenvalue weighted by molar-refractivity contribution is 6.42. The van der Waals surface area contributed by atoms with Crippen molar-refractivity contribution < 1.29 is 14.3 Å². The van der Waals surface area contributed by atoms with Gasteiger partial charge in [0.2, 0.25) is 0 Å². The first-order chi connectivity index (χ1) is 9.47. The zero-order valence-corrected chi connectivity index (χ0v) is 12.0. The normalized spacial score (nSPS) is 15.2. The lowest BCUT2D eigenvalue weighted by Crippen LogP contribution is -2.13. The summed E-state index contributed by atoms with van der Waals surface area (Å²) < 4.78 is 4.61.